The number of hydrogen-bond donors (Lipinski definition) is 0. The number of hydrogen-bond acceptors (Lipinski definition) is 2. The maximum absolute atomic E-state index is 5.56. The Kier molecular flexibility index (Phi) is 9.17. The first-order valence-electron chi connectivity index (χ1n) is 23.9. The summed E-state index contributed by atoms with van der Waals surface area (Å²) in [5.74, 6) is 0.589. The number of allylic oxidation sites excluding steroid dienone is 3. The molecule has 1 aliphatic rings. The summed E-state index contributed by atoms with van der Waals surface area (Å²) in [5, 5.41) is 12.3. The van der Waals surface area contributed by atoms with Crippen LogP contribution in [0, 0.1) is 0 Å². The Morgan fingerprint density at radius 3 is 1.46 bits per heavy atom. The van der Waals surface area contributed by atoms with Crippen LogP contribution < -0.4 is 0 Å². The van der Waals surface area contributed by atoms with E-state index < -0.39 is 0 Å². The van der Waals surface area contributed by atoms with Crippen LogP contribution in [0.1, 0.15) is 11.1 Å². The molecule has 14 rings (SSSR count). The summed E-state index contributed by atoms with van der Waals surface area (Å²) < 4.78 is 4.70. The lowest BCUT2D eigenvalue weighted by Crippen LogP contribution is -2.14. The van der Waals surface area contributed by atoms with Crippen LogP contribution in [0.3, 0.4) is 0 Å². The number of nitrogens with zero attached hydrogens (tertiary/aromatic N) is 4. The van der Waals surface area contributed by atoms with Gasteiger partial charge in [0.2, 0.25) is 5.96 Å². The van der Waals surface area contributed by atoms with Crippen LogP contribution in [0.4, 0.5) is 0 Å². The average molecular weight is 891 g/mol. The maximum Gasteiger partial charge on any atom is 0.235 e. The number of benzene rings is 11. The number of rotatable bonds is 5. The molecular formula is C66H42N4. The highest BCUT2D eigenvalue weighted by molar-refractivity contribution is 6.26. The average Bonchev–Trinajstić information content (AvgIpc) is 3.92. The van der Waals surface area contributed by atoms with Crippen molar-refractivity contribution in [3.05, 3.63) is 266 Å². The Labute approximate surface area is 404 Å². The molecular weight excluding hydrogens is 849 g/mol. The number of para-hydroxylation sites is 2. The molecule has 70 heavy (non-hydrogen) atoms. The molecule has 0 radical (unpaired) electrons. The second kappa shape index (κ2) is 16.2. The van der Waals surface area contributed by atoms with Gasteiger partial charge < -0.3 is 4.57 Å². The van der Waals surface area contributed by atoms with Crippen molar-refractivity contribution in [1.29, 1.82) is 0 Å². The van der Waals surface area contributed by atoms with Gasteiger partial charge in [0.05, 0.1) is 33.5 Å². The molecule has 4 nitrogen and oxygen atoms in total. The lowest BCUT2D eigenvalue weighted by atomic mass is 9.92. The largest absolute Gasteiger partial charge is 0.309 e. The van der Waals surface area contributed by atoms with Crippen molar-refractivity contribution in [2.24, 2.45) is 9.98 Å². The molecule has 0 amide bonds. The van der Waals surface area contributed by atoms with Crippen molar-refractivity contribution >= 4 is 93.3 Å². The molecule has 0 bridgehead atoms. The van der Waals surface area contributed by atoms with E-state index in [4.69, 9.17) is 9.98 Å². The summed E-state index contributed by atoms with van der Waals surface area (Å²) in [7, 11) is 0. The van der Waals surface area contributed by atoms with Gasteiger partial charge in [-0.1, -0.05) is 194 Å². The van der Waals surface area contributed by atoms with Gasteiger partial charge in [0, 0.05) is 38.4 Å². The van der Waals surface area contributed by atoms with Crippen molar-refractivity contribution in [2.75, 3.05) is 0 Å². The SMILES string of the molecule is C1=C/C(c2ccccc2)=N\C(n2c3ccccc3c3cc4c5ccccc5n(-c5cccc(-c6ccc7c8ccccc8c8ccccc8c7c6)c5)c4cc32)=N/C(c2cccc(-c3ccccc3)c2)=C/1. The Morgan fingerprint density at radius 1 is 0.271 bits per heavy atom. The Balaban J connectivity index is 0.988. The van der Waals surface area contributed by atoms with Crippen LogP contribution in [-0.4, -0.2) is 20.8 Å². The Bertz CT molecular complexity index is 4360. The molecule has 2 aromatic heterocycles. The fourth-order valence-corrected chi connectivity index (χ4v) is 10.9. The predicted molar refractivity (Wildman–Crippen MR) is 297 cm³/mol. The first-order chi connectivity index (χ1) is 34.7. The molecule has 11 aromatic carbocycles. The third-order valence-corrected chi connectivity index (χ3v) is 14.1. The van der Waals surface area contributed by atoms with Gasteiger partial charge in [-0.25, -0.2) is 9.98 Å². The third kappa shape index (κ3) is 6.46. The van der Waals surface area contributed by atoms with Crippen molar-refractivity contribution in [3.8, 4) is 27.9 Å². The quantitative estimate of drug-likeness (QED) is 0.154. The molecule has 13 aromatic rings. The molecule has 1 aliphatic heterocycles. The normalized spacial score (nSPS) is 15.7. The van der Waals surface area contributed by atoms with E-state index in [1.807, 2.05) is 6.07 Å². The van der Waals surface area contributed by atoms with Gasteiger partial charge in [-0.15, -0.1) is 0 Å². The van der Waals surface area contributed by atoms with Gasteiger partial charge in [-0.05, 0) is 115 Å². The van der Waals surface area contributed by atoms with Gasteiger partial charge in [0.15, 0.2) is 0 Å². The zero-order chi connectivity index (χ0) is 46.1. The Hall–Kier alpha value is -9.38. The summed E-state index contributed by atoms with van der Waals surface area (Å²) >= 11 is 0. The van der Waals surface area contributed by atoms with Gasteiger partial charge in [-0.2, -0.15) is 0 Å². The molecule has 0 saturated carbocycles. The summed E-state index contributed by atoms with van der Waals surface area (Å²) in [5.41, 5.74) is 13.7. The second-order valence-corrected chi connectivity index (χ2v) is 18.1. The van der Waals surface area contributed by atoms with E-state index in [1.165, 1.54) is 48.7 Å². The molecule has 0 spiro atoms. The van der Waals surface area contributed by atoms with Gasteiger partial charge in [0.25, 0.3) is 0 Å². The van der Waals surface area contributed by atoms with Crippen LogP contribution >= 0.6 is 0 Å². The van der Waals surface area contributed by atoms with E-state index in [1.54, 1.807) is 0 Å². The number of aromatic nitrogens is 2. The summed E-state index contributed by atoms with van der Waals surface area (Å²) in [6, 6.07) is 85.3. The maximum atomic E-state index is 5.56. The molecule has 0 N–H and O–H groups in total. The van der Waals surface area contributed by atoms with E-state index in [2.05, 4.69) is 258 Å². The highest BCUT2D eigenvalue weighted by Crippen LogP contribution is 2.41. The predicted octanol–water partition coefficient (Wildman–Crippen LogP) is 17.0. The van der Waals surface area contributed by atoms with E-state index in [0.29, 0.717) is 5.96 Å². The van der Waals surface area contributed by atoms with Crippen LogP contribution in [0.15, 0.2) is 265 Å². The highest BCUT2D eigenvalue weighted by Gasteiger charge is 2.22. The van der Waals surface area contributed by atoms with Crippen LogP contribution in [0.25, 0.3) is 110 Å². The molecule has 0 atom stereocenters. The minimum Gasteiger partial charge on any atom is -0.309 e. The van der Waals surface area contributed by atoms with Gasteiger partial charge in [-0.3, -0.25) is 4.57 Å². The smallest absolute Gasteiger partial charge is 0.235 e. The zero-order valence-electron chi connectivity index (χ0n) is 38.0. The van der Waals surface area contributed by atoms with E-state index in [0.717, 1.165) is 77.8 Å². The standard InChI is InChI=1S/C66H42N4/c1-3-18-43(19-4-1)45-22-15-24-48(38-45)61-33-17-32-60(44-20-5-2-6-21-44)67-66(68-61)70-63-35-14-12-31-56(63)59-41-58-55-30-11-13-34-62(55)69(64(58)42-65(59)70)49-25-16-23-46(39-49)47-36-37-54-52-28-8-7-26-50(52)51-27-9-10-29-53(51)57(54)40-47/h1-42H/b32-17+,33-17?,60-32?,61-33+,67-60+,67-66?,68-61?,68-66+. The van der Waals surface area contributed by atoms with Crippen molar-refractivity contribution in [3.63, 3.8) is 0 Å². The fourth-order valence-electron chi connectivity index (χ4n) is 10.9. The molecule has 0 saturated heterocycles. The van der Waals surface area contributed by atoms with E-state index >= 15 is 0 Å². The third-order valence-electron chi connectivity index (χ3n) is 14.1. The number of aliphatic imine (C=N–C) groups is 2. The lowest BCUT2D eigenvalue weighted by Gasteiger charge is -2.14. The first-order valence-corrected chi connectivity index (χ1v) is 23.9. The van der Waals surface area contributed by atoms with Crippen LogP contribution in [0.2, 0.25) is 0 Å². The van der Waals surface area contributed by atoms with E-state index in [-0.39, 0.29) is 0 Å². The minimum atomic E-state index is 0.589. The number of fused-ring (bicyclic) bond motifs is 12. The topological polar surface area (TPSA) is 34.6 Å². The molecule has 0 unspecified atom stereocenters. The summed E-state index contributed by atoms with van der Waals surface area (Å²) in [6.45, 7) is 0. The first kappa shape index (κ1) is 39.8. The Morgan fingerprint density at radius 2 is 0.771 bits per heavy atom. The molecule has 326 valence electrons. The molecule has 4 heteroatoms. The van der Waals surface area contributed by atoms with Crippen LogP contribution in [0.5, 0.6) is 0 Å². The highest BCUT2D eigenvalue weighted by atomic mass is 15.2. The molecule has 0 fully saturated rings. The minimum absolute atomic E-state index is 0.589. The summed E-state index contributed by atoms with van der Waals surface area (Å²) in [6.07, 6.45) is 6.28. The van der Waals surface area contributed by atoms with Gasteiger partial charge >= 0.3 is 0 Å². The fraction of sp³-hybridized carbons (Fsp3) is 0. The van der Waals surface area contributed by atoms with Crippen LogP contribution in [-0.2, 0) is 0 Å². The van der Waals surface area contributed by atoms with E-state index in [9.17, 15) is 0 Å². The van der Waals surface area contributed by atoms with Gasteiger partial charge in [0.1, 0.15) is 0 Å². The van der Waals surface area contributed by atoms with Crippen molar-refractivity contribution in [2.45, 2.75) is 0 Å². The van der Waals surface area contributed by atoms with Crippen molar-refractivity contribution in [1.82, 2.24) is 9.13 Å². The second-order valence-electron chi connectivity index (χ2n) is 18.1. The monoisotopic (exact) mass is 890 g/mol. The molecule has 3 heterocycles. The summed E-state index contributed by atoms with van der Waals surface area (Å²) in [4.78, 5) is 11.1. The zero-order valence-corrected chi connectivity index (χ0v) is 38.0. The lowest BCUT2D eigenvalue weighted by molar-refractivity contribution is 1.18. The van der Waals surface area contributed by atoms with Crippen molar-refractivity contribution < 1.29 is 0 Å². The molecule has 0 aliphatic carbocycles.